The fourth-order valence-electron chi connectivity index (χ4n) is 1.43. The molecule has 1 atom stereocenters. The van der Waals surface area contributed by atoms with E-state index in [0.29, 0.717) is 0 Å². The largest absolute Gasteiger partial charge is 0.477 e. The summed E-state index contributed by atoms with van der Waals surface area (Å²) in [6.45, 7) is 3.51. The summed E-state index contributed by atoms with van der Waals surface area (Å²) in [4.78, 5) is 14.5. The molecule has 5 nitrogen and oxygen atoms in total. The smallest absolute Gasteiger partial charge is 0.354 e. The zero-order valence-electron chi connectivity index (χ0n) is 8.95. The summed E-state index contributed by atoms with van der Waals surface area (Å²) in [5.74, 6) is -1.30. The highest BCUT2D eigenvalue weighted by Crippen LogP contribution is 2.23. The molecule has 0 aliphatic carbocycles. The lowest BCUT2D eigenvalue weighted by Gasteiger charge is -2.13. The zero-order valence-corrected chi connectivity index (χ0v) is 9.85. The van der Waals surface area contributed by atoms with Gasteiger partial charge in [0, 0.05) is 0 Å². The van der Waals surface area contributed by atoms with Crippen molar-refractivity contribution in [2.24, 2.45) is 5.92 Å². The summed E-state index contributed by atoms with van der Waals surface area (Å²) in [6.07, 6.45) is 0. The third-order valence-electron chi connectivity index (χ3n) is 2.15. The second kappa shape index (κ2) is 5.07. The van der Waals surface area contributed by atoms with E-state index in [2.05, 4.69) is 4.98 Å². The van der Waals surface area contributed by atoms with Gasteiger partial charge in [-0.15, -0.1) is 0 Å². The van der Waals surface area contributed by atoms with Crippen molar-refractivity contribution in [3.63, 3.8) is 0 Å². The van der Waals surface area contributed by atoms with Crippen molar-refractivity contribution in [3.8, 4) is 0 Å². The van der Waals surface area contributed by atoms with Gasteiger partial charge < -0.3 is 5.11 Å². The first-order valence-electron chi connectivity index (χ1n) is 4.77. The maximum Gasteiger partial charge on any atom is 0.354 e. The Kier molecular flexibility index (Phi) is 4.00. The van der Waals surface area contributed by atoms with Gasteiger partial charge in [0.2, 0.25) is 0 Å². The van der Waals surface area contributed by atoms with E-state index in [4.69, 9.17) is 5.11 Å². The number of nitrogens with zero attached hydrogens (tertiary/aromatic N) is 1. The predicted molar refractivity (Wildman–Crippen MR) is 59.1 cm³/mol. The molecule has 88 valence electrons. The van der Waals surface area contributed by atoms with Crippen LogP contribution in [-0.2, 0) is 10.7 Å². The van der Waals surface area contributed by atoms with Gasteiger partial charge in [-0.3, -0.25) is 0 Å². The molecule has 0 spiro atoms. The predicted octanol–water partition coefficient (Wildman–Crippen LogP) is 1.09. The number of aromatic carboxylic acids is 1. The number of hydrogen-bond donors (Lipinski definition) is 2. The Morgan fingerprint density at radius 3 is 2.44 bits per heavy atom. The topological polar surface area (TPSA) is 84.3 Å². The maximum absolute atomic E-state index is 11.1. The van der Waals surface area contributed by atoms with E-state index in [1.54, 1.807) is 13.8 Å². The second-order valence-corrected chi connectivity index (χ2v) is 4.85. The highest BCUT2D eigenvalue weighted by Gasteiger charge is 2.21. The van der Waals surface area contributed by atoms with Crippen LogP contribution in [0.3, 0.4) is 0 Å². The van der Waals surface area contributed by atoms with Crippen LogP contribution < -0.4 is 0 Å². The maximum atomic E-state index is 11.1. The van der Waals surface area contributed by atoms with Crippen molar-refractivity contribution < 1.29 is 18.3 Å². The normalized spacial score (nSPS) is 13.0. The number of thiol groups is 1. The van der Waals surface area contributed by atoms with Crippen LogP contribution in [0.2, 0.25) is 0 Å². The molecule has 1 aromatic rings. The van der Waals surface area contributed by atoms with Crippen LogP contribution in [0, 0.1) is 5.92 Å². The lowest BCUT2D eigenvalue weighted by molar-refractivity contribution is 0.0690. The lowest BCUT2D eigenvalue weighted by atomic mass is 10.1. The van der Waals surface area contributed by atoms with E-state index < -0.39 is 21.9 Å². The van der Waals surface area contributed by atoms with E-state index in [1.165, 1.54) is 18.2 Å². The molecular formula is C10H13NO4S. The summed E-state index contributed by atoms with van der Waals surface area (Å²) >= 11 is 0. The van der Waals surface area contributed by atoms with Crippen molar-refractivity contribution >= 4 is 16.7 Å². The first-order valence-corrected chi connectivity index (χ1v) is 6.02. The van der Waals surface area contributed by atoms with E-state index in [-0.39, 0.29) is 17.3 Å². The third-order valence-corrected chi connectivity index (χ3v) is 3.47. The van der Waals surface area contributed by atoms with Crippen molar-refractivity contribution in [2.75, 3.05) is 0 Å². The first kappa shape index (κ1) is 12.6. The first-order chi connectivity index (χ1) is 7.43. The van der Waals surface area contributed by atoms with E-state index in [1.807, 2.05) is 0 Å². The Balaban J connectivity index is 3.20. The Bertz CT molecular complexity index is 460. The Labute approximate surface area is 95.1 Å². The van der Waals surface area contributed by atoms with Crippen molar-refractivity contribution in [1.82, 2.24) is 4.98 Å². The molecule has 0 saturated heterocycles. The van der Waals surface area contributed by atoms with Gasteiger partial charge in [0.25, 0.3) is 0 Å². The number of aromatic nitrogens is 1. The molecule has 1 N–H and O–H groups in total. The number of carboxylic acid groups (broad SMARTS) is 1. The molecular weight excluding hydrogens is 230 g/mol. The molecule has 0 aliphatic rings. The van der Waals surface area contributed by atoms with Gasteiger partial charge in [-0.05, 0) is 18.1 Å². The number of hydrogen-bond acceptors (Lipinski definition) is 4. The lowest BCUT2D eigenvalue weighted by Crippen LogP contribution is -2.12. The molecule has 0 fully saturated rings. The third kappa shape index (κ3) is 2.79. The van der Waals surface area contributed by atoms with Gasteiger partial charge in [0.15, 0.2) is 0 Å². The molecule has 0 radical (unpaired) electrons. The van der Waals surface area contributed by atoms with Gasteiger partial charge in [0.1, 0.15) is 21.6 Å². The van der Waals surface area contributed by atoms with E-state index in [0.717, 1.165) is 0 Å². The van der Waals surface area contributed by atoms with Crippen LogP contribution in [0.4, 0.5) is 0 Å². The van der Waals surface area contributed by atoms with Crippen LogP contribution in [0.1, 0.15) is 35.3 Å². The molecule has 0 aliphatic heterocycles. The zero-order chi connectivity index (χ0) is 12.3. The minimum absolute atomic E-state index is 0.139. The highest BCUT2D eigenvalue weighted by molar-refractivity contribution is 7.72. The molecule has 0 amide bonds. The monoisotopic (exact) mass is 243 g/mol. The van der Waals surface area contributed by atoms with Gasteiger partial charge in [-0.2, -0.15) is 0 Å². The van der Waals surface area contributed by atoms with Crippen LogP contribution in [0.25, 0.3) is 0 Å². The molecule has 16 heavy (non-hydrogen) atoms. The van der Waals surface area contributed by atoms with Gasteiger partial charge in [0.05, 0.1) is 5.69 Å². The SMILES string of the molecule is CC(C)C(c1cccc(C(=O)O)n1)[SH](=O)=O. The quantitative estimate of drug-likeness (QED) is 0.773. The summed E-state index contributed by atoms with van der Waals surface area (Å²) in [5, 5.41) is 8.01. The molecule has 0 saturated carbocycles. The Morgan fingerprint density at radius 2 is 2.00 bits per heavy atom. The number of rotatable bonds is 4. The summed E-state index contributed by atoms with van der Waals surface area (Å²) in [5.41, 5.74) is 0.144. The fourth-order valence-corrected chi connectivity index (χ4v) is 2.27. The number of carboxylic acids is 1. The molecule has 6 heteroatoms. The van der Waals surface area contributed by atoms with Crippen molar-refractivity contribution in [2.45, 2.75) is 19.1 Å². The Morgan fingerprint density at radius 1 is 1.38 bits per heavy atom. The standard InChI is InChI=1S/C10H13NO4S/c1-6(2)9(16(14)15)7-4-3-5-8(11-7)10(12)13/h3-6,9,16H,1-2H3,(H,12,13). The summed E-state index contributed by atoms with van der Waals surface area (Å²) in [6, 6.07) is 4.36. The number of pyridine rings is 1. The molecule has 1 heterocycles. The van der Waals surface area contributed by atoms with E-state index >= 15 is 0 Å². The fraction of sp³-hybridized carbons (Fsp3) is 0.400. The summed E-state index contributed by atoms with van der Waals surface area (Å²) in [7, 11) is -2.67. The minimum Gasteiger partial charge on any atom is -0.477 e. The Hall–Kier alpha value is -1.43. The average molecular weight is 243 g/mol. The van der Waals surface area contributed by atoms with Gasteiger partial charge in [-0.25, -0.2) is 18.2 Å². The highest BCUT2D eigenvalue weighted by atomic mass is 32.2. The molecule has 1 aromatic heterocycles. The van der Waals surface area contributed by atoms with Crippen molar-refractivity contribution in [1.29, 1.82) is 0 Å². The summed E-state index contributed by atoms with van der Waals surface area (Å²) < 4.78 is 22.1. The molecule has 1 rings (SSSR count). The van der Waals surface area contributed by atoms with Crippen molar-refractivity contribution in [3.05, 3.63) is 29.6 Å². The van der Waals surface area contributed by atoms with E-state index in [9.17, 15) is 13.2 Å². The van der Waals surface area contributed by atoms with Crippen LogP contribution in [-0.4, -0.2) is 24.5 Å². The second-order valence-electron chi connectivity index (χ2n) is 3.73. The minimum atomic E-state index is -2.67. The van der Waals surface area contributed by atoms with Crippen LogP contribution >= 0.6 is 0 Å². The van der Waals surface area contributed by atoms with Gasteiger partial charge in [-0.1, -0.05) is 19.9 Å². The molecule has 1 unspecified atom stereocenters. The average Bonchev–Trinajstić information content (AvgIpc) is 2.16. The van der Waals surface area contributed by atoms with Crippen LogP contribution in [0.15, 0.2) is 18.2 Å². The number of carbonyl (C=O) groups is 1. The molecule has 0 bridgehead atoms. The van der Waals surface area contributed by atoms with Crippen LogP contribution in [0.5, 0.6) is 0 Å². The molecule has 0 aromatic carbocycles. The van der Waals surface area contributed by atoms with Gasteiger partial charge >= 0.3 is 5.97 Å².